The van der Waals surface area contributed by atoms with E-state index < -0.39 is 0 Å². The number of hydrogen-bond donors (Lipinski definition) is 0. The third kappa shape index (κ3) is 2.62. The van der Waals surface area contributed by atoms with Crippen molar-refractivity contribution in [2.24, 2.45) is 0 Å². The van der Waals surface area contributed by atoms with Crippen molar-refractivity contribution < 1.29 is 19.1 Å². The van der Waals surface area contributed by atoms with Gasteiger partial charge in [0.05, 0.1) is 13.7 Å². The molecule has 1 aromatic rings. The first-order valence-corrected chi connectivity index (χ1v) is 7.13. The molecule has 0 heterocycles. The molecule has 0 atom stereocenters. The summed E-state index contributed by atoms with van der Waals surface area (Å²) >= 11 is 5.96. The normalized spacial score (nSPS) is 14.1. The van der Waals surface area contributed by atoms with Gasteiger partial charge in [-0.05, 0) is 30.9 Å². The van der Waals surface area contributed by atoms with Gasteiger partial charge in [-0.1, -0.05) is 24.3 Å². The molecule has 0 saturated carbocycles. The van der Waals surface area contributed by atoms with Crippen molar-refractivity contribution in [3.63, 3.8) is 0 Å². The lowest BCUT2D eigenvalue weighted by Crippen LogP contribution is -2.22. The topological polar surface area (TPSA) is 52.6 Å². The average Bonchev–Trinajstić information content (AvgIpc) is 2.45. The van der Waals surface area contributed by atoms with E-state index in [1.54, 1.807) is 31.2 Å². The molecular weight excluding hydrogens is 296 g/mol. The molecule has 4 nitrogen and oxygen atoms in total. The van der Waals surface area contributed by atoms with Crippen LogP contribution in [-0.2, 0) is 9.47 Å². The van der Waals surface area contributed by atoms with Crippen LogP contribution in [0.4, 0.5) is 0 Å². The van der Waals surface area contributed by atoms with Crippen molar-refractivity contribution in [1.29, 1.82) is 0 Å². The molecule has 20 heavy (non-hydrogen) atoms. The third-order valence-corrected chi connectivity index (χ3v) is 3.91. The van der Waals surface area contributed by atoms with E-state index in [1.165, 1.54) is 7.11 Å². The Labute approximate surface area is 126 Å². The summed E-state index contributed by atoms with van der Waals surface area (Å²) < 4.78 is 10.4. The van der Waals surface area contributed by atoms with Gasteiger partial charge in [-0.25, -0.2) is 0 Å². The number of rotatable bonds is 3. The number of methoxy groups -OCH3 is 1. The van der Waals surface area contributed by atoms with Crippen LogP contribution >= 0.6 is 24.0 Å². The molecule has 0 bridgehead atoms. The monoisotopic (exact) mass is 308 g/mol. The molecule has 0 saturated heterocycles. The van der Waals surface area contributed by atoms with E-state index in [0.717, 1.165) is 11.8 Å². The molecule has 0 fully saturated rings. The lowest BCUT2D eigenvalue weighted by atomic mass is 9.93. The predicted molar refractivity (Wildman–Crippen MR) is 81.0 cm³/mol. The maximum atomic E-state index is 12.4. The number of hydrogen-bond acceptors (Lipinski definition) is 6. The quantitative estimate of drug-likeness (QED) is 0.800. The second-order valence-corrected chi connectivity index (χ2v) is 5.46. The molecule has 1 aliphatic carbocycles. The van der Waals surface area contributed by atoms with Crippen LogP contribution in [0.2, 0.25) is 0 Å². The van der Waals surface area contributed by atoms with E-state index in [0.29, 0.717) is 17.7 Å². The number of carbonyl (C=O) groups is 2. The molecular formula is C14H12O4S2. The molecule has 0 aromatic heterocycles. The Bertz CT molecular complexity index is 619. The van der Waals surface area contributed by atoms with Crippen LogP contribution in [0.3, 0.4) is 0 Å². The molecule has 0 aliphatic heterocycles. The molecule has 6 heteroatoms. The minimum absolute atomic E-state index is 0.0146. The fourth-order valence-electron chi connectivity index (χ4n) is 1.84. The Hall–Kier alpha value is -1.66. The van der Waals surface area contributed by atoms with Crippen molar-refractivity contribution in [1.82, 2.24) is 0 Å². The van der Waals surface area contributed by atoms with Gasteiger partial charge in [-0.15, -0.1) is 0 Å². The summed E-state index contributed by atoms with van der Waals surface area (Å²) in [6.45, 7) is 2.20. The Balaban J connectivity index is 2.45. The largest absolute Gasteiger partial charge is 0.491 e. The van der Waals surface area contributed by atoms with Crippen LogP contribution in [0.25, 0.3) is 0 Å². The van der Waals surface area contributed by atoms with Gasteiger partial charge in [0.15, 0.2) is 5.76 Å². The summed E-state index contributed by atoms with van der Waals surface area (Å²) in [6.07, 6.45) is 0. The number of thioether (sulfide) groups is 1. The molecule has 0 N–H and O–H groups in total. The van der Waals surface area contributed by atoms with Gasteiger partial charge in [0.25, 0.3) is 0 Å². The smallest absolute Gasteiger partial charge is 0.229 e. The van der Waals surface area contributed by atoms with Gasteiger partial charge in [0.2, 0.25) is 15.9 Å². The second-order valence-electron chi connectivity index (χ2n) is 3.85. The van der Waals surface area contributed by atoms with Crippen LogP contribution < -0.4 is 0 Å². The zero-order valence-corrected chi connectivity index (χ0v) is 12.6. The number of Topliss-reactive ketones (excluding diaryl/α,β-unsaturated/α-hetero) is 2. The molecule has 104 valence electrons. The molecule has 1 aromatic carbocycles. The Morgan fingerprint density at radius 3 is 2.35 bits per heavy atom. The zero-order valence-electron chi connectivity index (χ0n) is 11.0. The number of ether oxygens (including phenoxy) is 2. The van der Waals surface area contributed by atoms with Crippen molar-refractivity contribution in [3.8, 4) is 0 Å². The van der Waals surface area contributed by atoms with Gasteiger partial charge >= 0.3 is 0 Å². The number of benzene rings is 1. The first kappa shape index (κ1) is 14.7. The summed E-state index contributed by atoms with van der Waals surface area (Å²) in [6, 6.07) is 6.65. The minimum Gasteiger partial charge on any atom is -0.491 e. The second kappa shape index (κ2) is 6.19. The molecule has 0 spiro atoms. The van der Waals surface area contributed by atoms with Gasteiger partial charge in [-0.2, -0.15) is 0 Å². The lowest BCUT2D eigenvalue weighted by Gasteiger charge is -2.19. The predicted octanol–water partition coefficient (Wildman–Crippen LogP) is 2.98. The van der Waals surface area contributed by atoms with E-state index in [-0.39, 0.29) is 26.6 Å². The molecule has 1 aliphatic rings. The highest BCUT2D eigenvalue weighted by Crippen LogP contribution is 2.34. The minimum atomic E-state index is -0.315. The summed E-state index contributed by atoms with van der Waals surface area (Å²) in [5.74, 6) is -0.575. The number of fused-ring (bicyclic) bond motifs is 1. The zero-order chi connectivity index (χ0) is 14.7. The third-order valence-electron chi connectivity index (χ3n) is 2.69. The van der Waals surface area contributed by atoms with E-state index >= 15 is 0 Å². The first-order chi connectivity index (χ1) is 9.60. The average molecular weight is 308 g/mol. The number of carbonyl (C=O) groups excluding carboxylic acids is 2. The lowest BCUT2D eigenvalue weighted by molar-refractivity contribution is 0.0913. The van der Waals surface area contributed by atoms with Crippen molar-refractivity contribution in [3.05, 3.63) is 46.1 Å². The molecule has 0 radical (unpaired) electrons. The summed E-state index contributed by atoms with van der Waals surface area (Å²) in [4.78, 5) is 24.9. The Morgan fingerprint density at radius 1 is 1.20 bits per heavy atom. The van der Waals surface area contributed by atoms with Gasteiger partial charge < -0.3 is 9.47 Å². The van der Waals surface area contributed by atoms with Crippen LogP contribution in [0.1, 0.15) is 27.6 Å². The highest BCUT2D eigenvalue weighted by molar-refractivity contribution is 8.25. The summed E-state index contributed by atoms with van der Waals surface area (Å²) in [7, 11) is 1.36. The van der Waals surface area contributed by atoms with Gasteiger partial charge in [0.1, 0.15) is 4.91 Å². The summed E-state index contributed by atoms with van der Waals surface area (Å²) in [5.41, 5.74) is 0.709. The van der Waals surface area contributed by atoms with Gasteiger partial charge in [-0.3, -0.25) is 9.59 Å². The van der Waals surface area contributed by atoms with E-state index in [4.69, 9.17) is 21.7 Å². The van der Waals surface area contributed by atoms with Crippen LogP contribution in [0.15, 0.2) is 34.9 Å². The van der Waals surface area contributed by atoms with Crippen LogP contribution in [0, 0.1) is 0 Å². The van der Waals surface area contributed by atoms with Gasteiger partial charge in [0, 0.05) is 11.1 Å². The first-order valence-electron chi connectivity index (χ1n) is 5.91. The maximum Gasteiger partial charge on any atom is 0.229 e. The molecule has 0 unspecified atom stereocenters. The van der Waals surface area contributed by atoms with Crippen molar-refractivity contribution in [2.75, 3.05) is 13.7 Å². The Morgan fingerprint density at radius 2 is 1.80 bits per heavy atom. The fraction of sp³-hybridized carbons (Fsp3) is 0.214. The molecule has 2 rings (SSSR count). The Kier molecular flexibility index (Phi) is 4.57. The van der Waals surface area contributed by atoms with Crippen LogP contribution in [0.5, 0.6) is 0 Å². The fourth-order valence-corrected chi connectivity index (χ4v) is 3.02. The molecule has 0 amide bonds. The van der Waals surface area contributed by atoms with E-state index in [2.05, 4.69) is 0 Å². The van der Waals surface area contributed by atoms with Crippen LogP contribution in [-0.4, -0.2) is 29.7 Å². The van der Waals surface area contributed by atoms with Crippen molar-refractivity contribution in [2.45, 2.75) is 6.92 Å². The highest BCUT2D eigenvalue weighted by atomic mass is 32.2. The van der Waals surface area contributed by atoms with E-state index in [1.807, 2.05) is 0 Å². The number of thiocarbonyl (C=S) groups is 1. The maximum absolute atomic E-state index is 12.4. The SMILES string of the molecule is CCOC(=S)SC1=C(OC)C(=O)c2ccccc2C1=O. The highest BCUT2D eigenvalue weighted by Gasteiger charge is 2.34. The van der Waals surface area contributed by atoms with Crippen molar-refractivity contribution >= 4 is 39.9 Å². The number of ketones is 2. The summed E-state index contributed by atoms with van der Waals surface area (Å²) in [5, 5.41) is 0. The van der Waals surface area contributed by atoms with E-state index in [9.17, 15) is 9.59 Å². The number of allylic oxidation sites excluding steroid dienone is 2. The standard InChI is InChI=1S/C14H12O4S2/c1-3-18-14(19)20-13-11(16)9-7-5-4-6-8(9)10(15)12(13)17-2/h4-7H,3H2,1-2H3.